The molecule has 1 amide bonds. The average Bonchev–Trinajstić information content (AvgIpc) is 3.29. The number of amides is 1. The fourth-order valence-corrected chi connectivity index (χ4v) is 3.45. The predicted molar refractivity (Wildman–Crippen MR) is 118 cm³/mol. The van der Waals surface area contributed by atoms with Gasteiger partial charge < -0.3 is 19.0 Å². The summed E-state index contributed by atoms with van der Waals surface area (Å²) in [5, 5.41) is 3.81. The number of halogens is 1. The Labute approximate surface area is 183 Å². The van der Waals surface area contributed by atoms with E-state index < -0.39 is 5.63 Å². The number of imidazole rings is 1. The maximum absolute atomic E-state index is 12.1. The molecule has 158 valence electrons. The van der Waals surface area contributed by atoms with Gasteiger partial charge in [-0.15, -0.1) is 0 Å². The van der Waals surface area contributed by atoms with E-state index in [1.165, 1.54) is 12.1 Å². The number of hydrogen-bond acceptors (Lipinski definition) is 5. The monoisotopic (exact) mass is 437 g/mol. The first-order valence-electron chi connectivity index (χ1n) is 9.78. The smallest absolute Gasteiger partial charge is 0.336 e. The van der Waals surface area contributed by atoms with Gasteiger partial charge in [-0.05, 0) is 23.6 Å². The zero-order valence-electron chi connectivity index (χ0n) is 16.6. The van der Waals surface area contributed by atoms with Gasteiger partial charge in [0, 0.05) is 43.0 Å². The molecule has 0 spiro atoms. The largest absolute Gasteiger partial charge is 0.482 e. The quantitative estimate of drug-likeness (QED) is 0.334. The van der Waals surface area contributed by atoms with Crippen LogP contribution >= 0.6 is 11.6 Å². The molecule has 4 aromatic rings. The number of carbonyl (C=O) groups excluding carboxylic acids is 1. The Balaban J connectivity index is 1.43. The number of aromatic nitrogens is 2. The molecule has 0 saturated carbocycles. The van der Waals surface area contributed by atoms with Crippen molar-refractivity contribution < 1.29 is 13.9 Å². The summed E-state index contributed by atoms with van der Waals surface area (Å²) in [6.07, 6.45) is 6.08. The minimum Gasteiger partial charge on any atom is -0.482 e. The predicted octanol–water partition coefficient (Wildman–Crippen LogP) is 3.90. The molecular weight excluding hydrogens is 418 g/mol. The molecular formula is C23H20ClN3O4. The lowest BCUT2D eigenvalue weighted by molar-refractivity contribution is -0.123. The lowest BCUT2D eigenvalue weighted by Gasteiger charge is -2.11. The van der Waals surface area contributed by atoms with Gasteiger partial charge in [0.25, 0.3) is 5.91 Å². The van der Waals surface area contributed by atoms with Gasteiger partial charge in [0.1, 0.15) is 11.3 Å². The summed E-state index contributed by atoms with van der Waals surface area (Å²) >= 11 is 6.38. The third-order valence-corrected chi connectivity index (χ3v) is 5.01. The van der Waals surface area contributed by atoms with Crippen molar-refractivity contribution in [1.29, 1.82) is 0 Å². The van der Waals surface area contributed by atoms with Gasteiger partial charge in [-0.3, -0.25) is 4.79 Å². The van der Waals surface area contributed by atoms with E-state index in [9.17, 15) is 9.59 Å². The molecule has 8 heteroatoms. The molecule has 0 bridgehead atoms. The molecule has 7 nitrogen and oxygen atoms in total. The summed E-state index contributed by atoms with van der Waals surface area (Å²) in [5.74, 6) is 0.0115. The van der Waals surface area contributed by atoms with Crippen molar-refractivity contribution in [3.63, 3.8) is 0 Å². The highest BCUT2D eigenvalue weighted by molar-refractivity contribution is 6.33. The summed E-state index contributed by atoms with van der Waals surface area (Å²) in [7, 11) is 0. The molecule has 2 aromatic carbocycles. The number of ether oxygens (including phenoxy) is 1. The molecule has 2 heterocycles. The molecule has 31 heavy (non-hydrogen) atoms. The minimum atomic E-state index is -0.477. The van der Waals surface area contributed by atoms with Gasteiger partial charge in [0.2, 0.25) is 0 Å². The van der Waals surface area contributed by atoms with E-state index >= 15 is 0 Å². The molecule has 0 aliphatic carbocycles. The Hall–Kier alpha value is -3.58. The molecule has 0 atom stereocenters. The van der Waals surface area contributed by atoms with Crippen molar-refractivity contribution in [3.05, 3.63) is 82.7 Å². The van der Waals surface area contributed by atoms with E-state index in [0.717, 1.165) is 24.1 Å². The van der Waals surface area contributed by atoms with Crippen LogP contribution in [-0.4, -0.2) is 28.6 Å². The first kappa shape index (κ1) is 20.7. The summed E-state index contributed by atoms with van der Waals surface area (Å²) in [5.41, 5.74) is 1.46. The van der Waals surface area contributed by atoms with Gasteiger partial charge in [0.05, 0.1) is 11.3 Å². The third kappa shape index (κ3) is 5.13. The van der Waals surface area contributed by atoms with Crippen LogP contribution in [0.5, 0.6) is 5.75 Å². The van der Waals surface area contributed by atoms with Gasteiger partial charge in [-0.1, -0.05) is 41.9 Å². The van der Waals surface area contributed by atoms with Crippen LogP contribution in [0.2, 0.25) is 5.02 Å². The van der Waals surface area contributed by atoms with Crippen LogP contribution in [0.4, 0.5) is 0 Å². The van der Waals surface area contributed by atoms with E-state index in [-0.39, 0.29) is 18.3 Å². The SMILES string of the molecule is O=C(COc1cc2oc(=O)cc(-c3ccccc3)c2cc1Cl)NCCCn1ccnc1. The Morgan fingerprint density at radius 2 is 2.03 bits per heavy atom. The van der Waals surface area contributed by atoms with Crippen molar-refractivity contribution in [1.82, 2.24) is 14.9 Å². The number of carbonyl (C=O) groups is 1. The van der Waals surface area contributed by atoms with Crippen molar-refractivity contribution >= 4 is 28.5 Å². The van der Waals surface area contributed by atoms with Crippen molar-refractivity contribution in [2.75, 3.05) is 13.2 Å². The number of fused-ring (bicyclic) bond motifs is 1. The van der Waals surface area contributed by atoms with Gasteiger partial charge >= 0.3 is 5.63 Å². The normalized spacial score (nSPS) is 10.9. The molecule has 0 aliphatic rings. The summed E-state index contributed by atoms with van der Waals surface area (Å²) < 4.78 is 12.9. The molecule has 0 radical (unpaired) electrons. The standard InChI is InChI=1S/C23H20ClN3O4/c24-19-11-18-17(16-5-2-1-3-6-16)12-23(29)31-20(18)13-21(19)30-14-22(28)26-7-4-9-27-10-8-25-15-27/h1-3,5-6,8,10-13,15H,4,7,9,14H2,(H,26,28). The second kappa shape index (κ2) is 9.49. The number of aryl methyl sites for hydroxylation is 1. The first-order chi connectivity index (χ1) is 15.1. The lowest BCUT2D eigenvalue weighted by atomic mass is 10.0. The van der Waals surface area contributed by atoms with Crippen molar-refractivity contribution in [2.45, 2.75) is 13.0 Å². The summed E-state index contributed by atoms with van der Waals surface area (Å²) in [6, 6.07) is 14.2. The van der Waals surface area contributed by atoms with Gasteiger partial charge in [-0.25, -0.2) is 9.78 Å². The van der Waals surface area contributed by atoms with Crippen LogP contribution in [0, 0.1) is 0 Å². The van der Waals surface area contributed by atoms with Crippen LogP contribution in [0.25, 0.3) is 22.1 Å². The number of nitrogens with one attached hydrogen (secondary N) is 1. The van der Waals surface area contributed by atoms with E-state index in [1.54, 1.807) is 18.6 Å². The molecule has 0 aliphatic heterocycles. The third-order valence-electron chi connectivity index (χ3n) is 4.72. The molecule has 4 rings (SSSR count). The maximum Gasteiger partial charge on any atom is 0.336 e. The Morgan fingerprint density at radius 3 is 2.81 bits per heavy atom. The van der Waals surface area contributed by atoms with E-state index in [4.69, 9.17) is 20.8 Å². The zero-order chi connectivity index (χ0) is 21.6. The highest BCUT2D eigenvalue weighted by Crippen LogP contribution is 2.34. The summed E-state index contributed by atoms with van der Waals surface area (Å²) in [4.78, 5) is 28.1. The summed E-state index contributed by atoms with van der Waals surface area (Å²) in [6.45, 7) is 1.08. The second-order valence-electron chi connectivity index (χ2n) is 6.92. The van der Waals surface area contributed by atoms with Gasteiger partial charge in [0.15, 0.2) is 6.61 Å². The van der Waals surface area contributed by atoms with E-state index in [2.05, 4.69) is 10.3 Å². The van der Waals surface area contributed by atoms with Crippen LogP contribution in [0.3, 0.4) is 0 Å². The van der Waals surface area contributed by atoms with Crippen LogP contribution in [-0.2, 0) is 11.3 Å². The minimum absolute atomic E-state index is 0.196. The second-order valence-corrected chi connectivity index (χ2v) is 7.32. The number of nitrogens with zero attached hydrogens (tertiary/aromatic N) is 2. The Morgan fingerprint density at radius 1 is 1.19 bits per heavy atom. The highest BCUT2D eigenvalue weighted by atomic mass is 35.5. The van der Waals surface area contributed by atoms with Crippen molar-refractivity contribution in [3.8, 4) is 16.9 Å². The lowest BCUT2D eigenvalue weighted by Crippen LogP contribution is -2.30. The fourth-order valence-electron chi connectivity index (χ4n) is 3.23. The average molecular weight is 438 g/mol. The molecule has 0 unspecified atom stereocenters. The number of benzene rings is 2. The molecule has 0 fully saturated rings. The van der Waals surface area contributed by atoms with Crippen molar-refractivity contribution in [2.24, 2.45) is 0 Å². The van der Waals surface area contributed by atoms with Gasteiger partial charge in [-0.2, -0.15) is 0 Å². The first-order valence-corrected chi connectivity index (χ1v) is 10.2. The van der Waals surface area contributed by atoms with E-state index in [1.807, 2.05) is 41.1 Å². The topological polar surface area (TPSA) is 86.4 Å². The fraction of sp³-hybridized carbons (Fsp3) is 0.174. The zero-order valence-corrected chi connectivity index (χ0v) is 17.3. The Bertz CT molecular complexity index is 1240. The maximum atomic E-state index is 12.1. The van der Waals surface area contributed by atoms with Crippen LogP contribution < -0.4 is 15.7 Å². The Kier molecular flexibility index (Phi) is 6.33. The van der Waals surface area contributed by atoms with Crippen LogP contribution in [0.1, 0.15) is 6.42 Å². The molecule has 2 aromatic heterocycles. The number of hydrogen-bond donors (Lipinski definition) is 1. The van der Waals surface area contributed by atoms with Crippen LogP contribution in [0.15, 0.2) is 76.5 Å². The molecule has 1 N–H and O–H groups in total. The number of rotatable bonds is 8. The highest BCUT2D eigenvalue weighted by Gasteiger charge is 2.13. The van der Waals surface area contributed by atoms with E-state index in [0.29, 0.717) is 22.5 Å². The molecule has 0 saturated heterocycles.